The Kier molecular flexibility index (Phi) is 3.08. The Morgan fingerprint density at radius 3 is 2.62 bits per heavy atom. The lowest BCUT2D eigenvalue weighted by Crippen LogP contribution is -2.00. The molecule has 0 atom stereocenters. The van der Waals surface area contributed by atoms with Gasteiger partial charge in [-0.25, -0.2) is 13.8 Å². The number of pyridine rings is 1. The number of nitrogens with zero attached hydrogens (tertiary/aromatic N) is 2. The first kappa shape index (κ1) is 10.2. The normalized spacial score (nSPS) is 10.2. The van der Waals surface area contributed by atoms with Gasteiger partial charge in [-0.1, -0.05) is 0 Å². The van der Waals surface area contributed by atoms with E-state index in [4.69, 9.17) is 5.26 Å². The minimum atomic E-state index is -2.86. The summed E-state index contributed by atoms with van der Waals surface area (Å²) in [6.45, 7) is 0. The quantitative estimate of drug-likeness (QED) is 0.590. The summed E-state index contributed by atoms with van der Waals surface area (Å²) in [5.41, 5.74) is -0.878. The van der Waals surface area contributed by atoms with Gasteiger partial charge in [0.25, 0.3) is 6.43 Å². The molecular weight excluding hydrogens is 296 g/mol. The molecule has 0 aliphatic carbocycles. The number of nitriles is 1. The second kappa shape index (κ2) is 3.91. The average molecular weight is 298 g/mol. The molecule has 1 aromatic heterocycles. The summed E-state index contributed by atoms with van der Waals surface area (Å²) in [6, 6.07) is 1.53. The van der Waals surface area contributed by atoms with E-state index in [1.165, 1.54) is 28.7 Å². The van der Waals surface area contributed by atoms with Gasteiger partial charge >= 0.3 is 0 Å². The Labute approximate surface area is 85.5 Å². The molecule has 0 radical (unpaired) electrons. The predicted molar refractivity (Wildman–Crippen MR) is 46.6 cm³/mol. The molecule has 0 saturated heterocycles. The van der Waals surface area contributed by atoms with Gasteiger partial charge in [-0.2, -0.15) is 9.65 Å². The molecular formula is C7H2F3IN2. The van der Waals surface area contributed by atoms with Crippen molar-refractivity contribution in [3.63, 3.8) is 0 Å². The molecule has 0 bridgehead atoms. The average Bonchev–Trinajstić information content (AvgIpc) is 2.08. The molecule has 68 valence electrons. The van der Waals surface area contributed by atoms with Gasteiger partial charge in [-0.15, -0.1) is 0 Å². The van der Waals surface area contributed by atoms with Crippen molar-refractivity contribution in [1.82, 2.24) is 4.98 Å². The molecule has 0 amide bonds. The van der Waals surface area contributed by atoms with E-state index in [2.05, 4.69) is 4.98 Å². The molecule has 0 saturated carbocycles. The fourth-order valence-electron chi connectivity index (χ4n) is 0.779. The maximum atomic E-state index is 12.7. The standard InChI is InChI=1S/C7H2F3IN2/c8-6(9)4-3(1-12)2-13-7(10)5(4)11/h2,6H. The molecule has 0 aliphatic rings. The molecule has 0 N–H and O–H groups in total. The third-order valence-electron chi connectivity index (χ3n) is 1.35. The minimum Gasteiger partial charge on any atom is -0.226 e. The van der Waals surface area contributed by atoms with Crippen LogP contribution in [0.5, 0.6) is 0 Å². The Hall–Kier alpha value is -0.840. The molecule has 1 rings (SSSR count). The molecule has 0 aliphatic heterocycles. The van der Waals surface area contributed by atoms with Crippen LogP contribution in [0.1, 0.15) is 17.6 Å². The van der Waals surface area contributed by atoms with E-state index in [0.29, 0.717) is 0 Å². The van der Waals surface area contributed by atoms with Crippen molar-refractivity contribution in [2.75, 3.05) is 0 Å². The maximum absolute atomic E-state index is 12.7. The van der Waals surface area contributed by atoms with E-state index < -0.39 is 17.9 Å². The summed E-state index contributed by atoms with van der Waals surface area (Å²) >= 11 is 1.40. The topological polar surface area (TPSA) is 36.7 Å². The van der Waals surface area contributed by atoms with Gasteiger partial charge in [0.15, 0.2) is 0 Å². The van der Waals surface area contributed by atoms with E-state index in [-0.39, 0.29) is 9.13 Å². The summed E-state index contributed by atoms with van der Waals surface area (Å²) < 4.78 is 37.0. The van der Waals surface area contributed by atoms with Crippen molar-refractivity contribution in [2.45, 2.75) is 6.43 Å². The SMILES string of the molecule is N#Cc1cnc(F)c(I)c1C(F)F. The molecule has 6 heteroatoms. The summed E-state index contributed by atoms with van der Waals surface area (Å²) in [5, 5.41) is 8.43. The molecule has 2 nitrogen and oxygen atoms in total. The third-order valence-corrected chi connectivity index (χ3v) is 2.38. The highest BCUT2D eigenvalue weighted by molar-refractivity contribution is 14.1. The summed E-state index contributed by atoms with van der Waals surface area (Å²) in [4.78, 5) is 3.16. The second-order valence-electron chi connectivity index (χ2n) is 2.10. The Morgan fingerprint density at radius 2 is 2.15 bits per heavy atom. The van der Waals surface area contributed by atoms with E-state index in [1.807, 2.05) is 0 Å². The Bertz CT molecular complexity index is 373. The summed E-state index contributed by atoms with van der Waals surface area (Å²) in [7, 11) is 0. The third kappa shape index (κ3) is 1.91. The van der Waals surface area contributed by atoms with Crippen LogP contribution >= 0.6 is 22.6 Å². The molecule has 0 unspecified atom stereocenters. The highest BCUT2D eigenvalue weighted by Crippen LogP contribution is 2.28. The van der Waals surface area contributed by atoms with Crippen LogP contribution in [0.3, 0.4) is 0 Å². The second-order valence-corrected chi connectivity index (χ2v) is 3.18. The fraction of sp³-hybridized carbons (Fsp3) is 0.143. The van der Waals surface area contributed by atoms with Crippen molar-refractivity contribution >= 4 is 22.6 Å². The first-order chi connectivity index (χ1) is 6.07. The molecule has 1 aromatic rings. The fourth-order valence-corrected chi connectivity index (χ4v) is 1.44. The van der Waals surface area contributed by atoms with E-state index in [0.717, 1.165) is 6.20 Å². The number of rotatable bonds is 1. The lowest BCUT2D eigenvalue weighted by Gasteiger charge is -2.04. The number of halogens is 4. The van der Waals surface area contributed by atoms with Gasteiger partial charge in [0.1, 0.15) is 6.07 Å². The van der Waals surface area contributed by atoms with E-state index in [9.17, 15) is 13.2 Å². The van der Waals surface area contributed by atoms with Crippen LogP contribution < -0.4 is 0 Å². The Morgan fingerprint density at radius 1 is 1.54 bits per heavy atom. The monoisotopic (exact) mass is 298 g/mol. The van der Waals surface area contributed by atoms with Crippen molar-refractivity contribution in [3.05, 3.63) is 26.8 Å². The van der Waals surface area contributed by atoms with Gasteiger partial charge in [0.05, 0.1) is 14.7 Å². The van der Waals surface area contributed by atoms with Crippen LogP contribution in [0.15, 0.2) is 6.20 Å². The highest BCUT2D eigenvalue weighted by atomic mass is 127. The first-order valence-corrected chi connectivity index (χ1v) is 4.18. The van der Waals surface area contributed by atoms with Crippen LogP contribution in [0.4, 0.5) is 13.2 Å². The van der Waals surface area contributed by atoms with Crippen molar-refractivity contribution in [3.8, 4) is 6.07 Å². The largest absolute Gasteiger partial charge is 0.266 e. The summed E-state index contributed by atoms with van der Waals surface area (Å²) in [6.07, 6.45) is -2.06. The molecule has 13 heavy (non-hydrogen) atoms. The summed E-state index contributed by atoms with van der Waals surface area (Å²) in [5.74, 6) is -0.977. The van der Waals surface area contributed by atoms with Gasteiger partial charge in [-0.3, -0.25) is 0 Å². The van der Waals surface area contributed by atoms with Gasteiger partial charge in [-0.05, 0) is 22.6 Å². The zero-order valence-corrected chi connectivity index (χ0v) is 8.22. The van der Waals surface area contributed by atoms with Crippen LogP contribution in [0, 0.1) is 20.8 Å². The molecule has 0 spiro atoms. The number of hydrogen-bond acceptors (Lipinski definition) is 2. The van der Waals surface area contributed by atoms with Crippen LogP contribution in [0.2, 0.25) is 0 Å². The smallest absolute Gasteiger partial charge is 0.226 e. The van der Waals surface area contributed by atoms with Crippen LogP contribution in [-0.4, -0.2) is 4.98 Å². The van der Waals surface area contributed by atoms with Crippen LogP contribution in [-0.2, 0) is 0 Å². The molecule has 1 heterocycles. The van der Waals surface area contributed by atoms with Crippen LogP contribution in [0.25, 0.3) is 0 Å². The van der Waals surface area contributed by atoms with E-state index in [1.54, 1.807) is 0 Å². The highest BCUT2D eigenvalue weighted by Gasteiger charge is 2.20. The van der Waals surface area contributed by atoms with Crippen molar-refractivity contribution in [1.29, 1.82) is 5.26 Å². The minimum absolute atomic E-state index is 0.291. The number of hydrogen-bond donors (Lipinski definition) is 0. The zero-order chi connectivity index (χ0) is 10.0. The predicted octanol–water partition coefficient (Wildman–Crippen LogP) is 2.63. The number of alkyl halides is 2. The Balaban J connectivity index is 3.43. The number of aromatic nitrogens is 1. The molecule has 0 fully saturated rings. The lowest BCUT2D eigenvalue weighted by molar-refractivity contribution is 0.149. The van der Waals surface area contributed by atoms with Gasteiger partial charge in [0.2, 0.25) is 5.95 Å². The van der Waals surface area contributed by atoms with E-state index >= 15 is 0 Å². The van der Waals surface area contributed by atoms with Gasteiger partial charge in [0, 0.05) is 6.20 Å². The van der Waals surface area contributed by atoms with Crippen molar-refractivity contribution < 1.29 is 13.2 Å². The van der Waals surface area contributed by atoms with Gasteiger partial charge < -0.3 is 0 Å². The lowest BCUT2D eigenvalue weighted by atomic mass is 10.1. The first-order valence-electron chi connectivity index (χ1n) is 3.10. The zero-order valence-electron chi connectivity index (χ0n) is 6.06. The molecule has 0 aromatic carbocycles. The van der Waals surface area contributed by atoms with Crippen molar-refractivity contribution in [2.24, 2.45) is 0 Å². The maximum Gasteiger partial charge on any atom is 0.266 e.